The van der Waals surface area contributed by atoms with E-state index in [1.165, 1.54) is 0 Å². The molecule has 6 heteroatoms. The van der Waals surface area contributed by atoms with E-state index in [9.17, 15) is 9.59 Å². The Kier molecular flexibility index (Phi) is 4.89. The highest BCUT2D eigenvalue weighted by Gasteiger charge is 2.24. The number of carbonyl (C=O) groups is 2. The zero-order valence-corrected chi connectivity index (χ0v) is 17.1. The van der Waals surface area contributed by atoms with Crippen LogP contribution in [0.5, 0.6) is 0 Å². The van der Waals surface area contributed by atoms with Crippen LogP contribution in [0.4, 0.5) is 5.69 Å². The summed E-state index contributed by atoms with van der Waals surface area (Å²) in [4.78, 5) is 27.2. The molecule has 0 radical (unpaired) electrons. The highest BCUT2D eigenvalue weighted by molar-refractivity contribution is 6.06. The van der Waals surface area contributed by atoms with Gasteiger partial charge in [-0.2, -0.15) is 0 Å². The van der Waals surface area contributed by atoms with Gasteiger partial charge < -0.3 is 19.9 Å². The Balaban J connectivity index is 1.41. The van der Waals surface area contributed by atoms with Gasteiger partial charge in [-0.1, -0.05) is 12.1 Å². The molecule has 2 aliphatic rings. The summed E-state index contributed by atoms with van der Waals surface area (Å²) in [5, 5.41) is 6.33. The molecule has 1 fully saturated rings. The van der Waals surface area contributed by atoms with Gasteiger partial charge in [-0.3, -0.25) is 9.59 Å². The van der Waals surface area contributed by atoms with Crippen molar-refractivity contribution in [2.45, 2.75) is 19.4 Å². The Bertz CT molecular complexity index is 1120. The predicted octanol–water partition coefficient (Wildman–Crippen LogP) is 3.17. The fourth-order valence-electron chi connectivity index (χ4n) is 4.70. The molecule has 2 aromatic heterocycles. The number of pyridine rings is 1. The number of carbonyl (C=O) groups excluding carboxylic acids is 2. The molecular weight excluding hydrogens is 376 g/mol. The lowest BCUT2D eigenvalue weighted by atomic mass is 9.97. The fraction of sp³-hybridized carbons (Fsp3) is 0.333. The van der Waals surface area contributed by atoms with Gasteiger partial charge >= 0.3 is 0 Å². The Morgan fingerprint density at radius 2 is 1.83 bits per heavy atom. The smallest absolute Gasteiger partial charge is 0.228 e. The molecule has 154 valence electrons. The van der Waals surface area contributed by atoms with Crippen LogP contribution in [-0.4, -0.2) is 47.7 Å². The summed E-state index contributed by atoms with van der Waals surface area (Å²) in [6, 6.07) is 12.0. The first-order valence-electron chi connectivity index (χ1n) is 10.6. The summed E-state index contributed by atoms with van der Waals surface area (Å²) in [5.41, 5.74) is 5.90. The molecule has 5 rings (SSSR count). The highest BCUT2D eigenvalue weighted by Crippen LogP contribution is 2.31. The lowest BCUT2D eigenvalue weighted by Gasteiger charge is -2.28. The number of anilines is 1. The van der Waals surface area contributed by atoms with Crippen LogP contribution in [-0.2, 0) is 11.3 Å². The molecule has 0 spiro atoms. The zero-order valence-electron chi connectivity index (χ0n) is 17.1. The predicted molar refractivity (Wildman–Crippen MR) is 118 cm³/mol. The van der Waals surface area contributed by atoms with E-state index in [0.29, 0.717) is 13.1 Å². The molecule has 1 saturated heterocycles. The zero-order chi connectivity index (χ0) is 20.7. The average Bonchev–Trinajstić information content (AvgIpc) is 3.11. The van der Waals surface area contributed by atoms with Crippen molar-refractivity contribution in [3.63, 3.8) is 0 Å². The van der Waals surface area contributed by atoms with Crippen molar-refractivity contribution in [2.24, 2.45) is 5.92 Å². The molecule has 2 aliphatic heterocycles. The maximum atomic E-state index is 12.6. The summed E-state index contributed by atoms with van der Waals surface area (Å²) in [7, 11) is 2.07. The lowest BCUT2D eigenvalue weighted by Crippen LogP contribution is -2.38. The van der Waals surface area contributed by atoms with E-state index < -0.39 is 0 Å². The Morgan fingerprint density at radius 1 is 1.07 bits per heavy atom. The molecule has 1 aromatic carbocycles. The van der Waals surface area contributed by atoms with Crippen molar-refractivity contribution in [2.75, 3.05) is 32.0 Å². The number of ketones is 1. The fourth-order valence-corrected chi connectivity index (χ4v) is 4.70. The summed E-state index contributed by atoms with van der Waals surface area (Å²) in [5.74, 6) is 0.276. The van der Waals surface area contributed by atoms with E-state index in [1.807, 2.05) is 47.1 Å². The number of hydrogen-bond donors (Lipinski definition) is 2. The second-order valence-electron chi connectivity index (χ2n) is 8.39. The molecule has 2 N–H and O–H groups in total. The second-order valence-corrected chi connectivity index (χ2v) is 8.39. The van der Waals surface area contributed by atoms with E-state index in [2.05, 4.69) is 28.6 Å². The Hall–Kier alpha value is -2.96. The summed E-state index contributed by atoms with van der Waals surface area (Å²) >= 11 is 0. The van der Waals surface area contributed by atoms with Crippen molar-refractivity contribution in [3.05, 3.63) is 59.9 Å². The molecule has 6 nitrogen and oxygen atoms in total. The van der Waals surface area contributed by atoms with Gasteiger partial charge in [-0.05, 0) is 67.4 Å². The number of piperidine rings is 1. The quantitative estimate of drug-likeness (QED) is 0.706. The van der Waals surface area contributed by atoms with E-state index in [4.69, 9.17) is 0 Å². The first-order valence-corrected chi connectivity index (χ1v) is 10.6. The van der Waals surface area contributed by atoms with Gasteiger partial charge in [0.2, 0.25) is 5.91 Å². The van der Waals surface area contributed by atoms with Crippen LogP contribution in [0.3, 0.4) is 0 Å². The van der Waals surface area contributed by atoms with Crippen LogP contribution < -0.4 is 10.6 Å². The SMILES string of the molecule is CN1CCC[C@@H](C(=O)Nc2ccc(-c3ccn4ccc5c4c3CNCC5=O)cc2)C1. The number of Topliss-reactive ketones (excluding diaryl/α,β-unsaturated/α-hetero) is 1. The topological polar surface area (TPSA) is 65.8 Å². The minimum Gasteiger partial charge on any atom is -0.326 e. The summed E-state index contributed by atoms with van der Waals surface area (Å²) < 4.78 is 2.02. The van der Waals surface area contributed by atoms with Gasteiger partial charge in [0, 0.05) is 36.7 Å². The van der Waals surface area contributed by atoms with Gasteiger partial charge in [0.25, 0.3) is 0 Å². The van der Waals surface area contributed by atoms with Crippen LogP contribution in [0.25, 0.3) is 16.6 Å². The van der Waals surface area contributed by atoms with Crippen molar-refractivity contribution >= 4 is 22.9 Å². The molecule has 1 amide bonds. The van der Waals surface area contributed by atoms with Crippen molar-refractivity contribution in [1.82, 2.24) is 14.6 Å². The molecule has 0 unspecified atom stereocenters. The maximum absolute atomic E-state index is 12.6. The summed E-state index contributed by atoms with van der Waals surface area (Å²) in [6.07, 6.45) is 5.97. The standard InChI is InChI=1S/C24H26N4O2/c1-27-10-2-3-17(15-27)24(30)26-18-6-4-16(5-7-18)19-8-11-28-12-9-20-22(29)14-25-13-21(19)23(20)28/h4-9,11-12,17,25H,2-3,10,13-15H2,1H3,(H,26,30)/t17-/m1/s1. The monoisotopic (exact) mass is 402 g/mol. The molecule has 3 aromatic rings. The Labute approximate surface area is 175 Å². The lowest BCUT2D eigenvalue weighted by molar-refractivity contribution is -0.121. The van der Waals surface area contributed by atoms with Gasteiger partial charge in [0.1, 0.15) is 0 Å². The van der Waals surface area contributed by atoms with E-state index in [0.717, 1.165) is 59.4 Å². The van der Waals surface area contributed by atoms with Crippen LogP contribution in [0.1, 0.15) is 28.8 Å². The normalized spacial score (nSPS) is 19.6. The van der Waals surface area contributed by atoms with Crippen LogP contribution in [0.2, 0.25) is 0 Å². The van der Waals surface area contributed by atoms with E-state index in [-0.39, 0.29) is 17.6 Å². The number of hydrogen-bond acceptors (Lipinski definition) is 4. The number of likely N-dealkylation sites (tertiary alicyclic amines) is 1. The van der Waals surface area contributed by atoms with Gasteiger partial charge in [0.15, 0.2) is 5.78 Å². The van der Waals surface area contributed by atoms with Crippen LogP contribution in [0, 0.1) is 5.92 Å². The molecule has 30 heavy (non-hydrogen) atoms. The molecule has 0 bridgehead atoms. The first-order chi connectivity index (χ1) is 14.6. The van der Waals surface area contributed by atoms with Gasteiger partial charge in [-0.25, -0.2) is 0 Å². The number of benzene rings is 1. The third kappa shape index (κ3) is 3.42. The second kappa shape index (κ2) is 7.70. The number of nitrogens with one attached hydrogen (secondary N) is 2. The molecule has 4 heterocycles. The number of rotatable bonds is 3. The minimum absolute atomic E-state index is 0.0513. The van der Waals surface area contributed by atoms with Crippen LogP contribution in [0.15, 0.2) is 48.8 Å². The molecular formula is C24H26N4O2. The third-order valence-electron chi connectivity index (χ3n) is 6.27. The average molecular weight is 402 g/mol. The largest absolute Gasteiger partial charge is 0.326 e. The number of aromatic nitrogens is 1. The number of amides is 1. The molecule has 1 atom stereocenters. The van der Waals surface area contributed by atoms with Crippen LogP contribution >= 0.6 is 0 Å². The summed E-state index contributed by atoms with van der Waals surface area (Å²) in [6.45, 7) is 2.89. The maximum Gasteiger partial charge on any atom is 0.228 e. The van der Waals surface area contributed by atoms with Crippen molar-refractivity contribution in [3.8, 4) is 11.1 Å². The minimum atomic E-state index is 0.0513. The Morgan fingerprint density at radius 3 is 2.60 bits per heavy atom. The highest BCUT2D eigenvalue weighted by atomic mass is 16.2. The first kappa shape index (κ1) is 19.0. The molecule has 0 saturated carbocycles. The van der Waals surface area contributed by atoms with Gasteiger partial charge in [0.05, 0.1) is 18.0 Å². The van der Waals surface area contributed by atoms with Crippen molar-refractivity contribution in [1.29, 1.82) is 0 Å². The van der Waals surface area contributed by atoms with E-state index in [1.54, 1.807) is 0 Å². The molecule has 0 aliphatic carbocycles. The number of nitrogens with zero attached hydrogens (tertiary/aromatic N) is 2. The van der Waals surface area contributed by atoms with E-state index >= 15 is 0 Å². The van der Waals surface area contributed by atoms with Gasteiger partial charge in [-0.15, -0.1) is 0 Å². The van der Waals surface area contributed by atoms with Crippen molar-refractivity contribution < 1.29 is 9.59 Å². The third-order valence-corrected chi connectivity index (χ3v) is 6.27.